The molecule has 0 radical (unpaired) electrons. The van der Waals surface area contributed by atoms with Crippen LogP contribution in [0, 0.1) is 5.92 Å². The molecule has 2 unspecified atom stereocenters. The summed E-state index contributed by atoms with van der Waals surface area (Å²) in [5.74, 6) is 1.44. The zero-order valence-corrected chi connectivity index (χ0v) is 14.2. The average molecular weight is 349 g/mol. The fourth-order valence-electron chi connectivity index (χ4n) is 3.28. The maximum absolute atomic E-state index is 14.0. The molecular weight excluding hydrogens is 325 g/mol. The van der Waals surface area contributed by atoms with E-state index >= 15 is 0 Å². The monoisotopic (exact) mass is 349 g/mol. The number of aromatic nitrogens is 4. The van der Waals surface area contributed by atoms with Gasteiger partial charge in [0.15, 0.2) is 17.0 Å². The van der Waals surface area contributed by atoms with Crippen molar-refractivity contribution in [3.8, 4) is 0 Å². The van der Waals surface area contributed by atoms with Crippen molar-refractivity contribution in [2.75, 3.05) is 30.3 Å². The lowest BCUT2D eigenvalue weighted by Gasteiger charge is -2.18. The Balaban J connectivity index is 1.67. The van der Waals surface area contributed by atoms with Gasteiger partial charge in [-0.1, -0.05) is 0 Å². The van der Waals surface area contributed by atoms with Crippen molar-refractivity contribution in [2.24, 2.45) is 5.92 Å². The molecule has 8 nitrogen and oxygen atoms in total. The second-order valence-electron chi connectivity index (χ2n) is 6.79. The van der Waals surface area contributed by atoms with Gasteiger partial charge in [0.05, 0.1) is 25.0 Å². The highest BCUT2D eigenvalue weighted by Crippen LogP contribution is 2.34. The summed E-state index contributed by atoms with van der Waals surface area (Å²) in [4.78, 5) is 13.5. The number of imidazole rings is 1. The van der Waals surface area contributed by atoms with Crippen LogP contribution in [0.15, 0.2) is 6.33 Å². The third-order valence-electron chi connectivity index (χ3n) is 4.97. The molecule has 136 valence electrons. The lowest BCUT2D eigenvalue weighted by molar-refractivity contribution is 0.263. The van der Waals surface area contributed by atoms with Gasteiger partial charge in [-0.25, -0.2) is 9.37 Å². The van der Waals surface area contributed by atoms with Crippen LogP contribution in [0.4, 0.5) is 16.2 Å². The Morgan fingerprint density at radius 1 is 1.40 bits per heavy atom. The van der Waals surface area contributed by atoms with E-state index in [1.807, 2.05) is 11.5 Å². The Hall–Kier alpha value is -2.00. The van der Waals surface area contributed by atoms with E-state index in [4.69, 9.17) is 0 Å². The molecule has 1 saturated carbocycles. The molecule has 1 saturated heterocycles. The normalized spacial score (nSPS) is 24.6. The van der Waals surface area contributed by atoms with E-state index in [9.17, 15) is 9.50 Å². The maximum atomic E-state index is 14.0. The first kappa shape index (κ1) is 16.5. The highest BCUT2D eigenvalue weighted by molar-refractivity contribution is 5.84. The first-order chi connectivity index (χ1) is 12.2. The largest absolute Gasteiger partial charge is 0.394 e. The molecule has 9 heteroatoms. The van der Waals surface area contributed by atoms with Crippen LogP contribution < -0.4 is 16.0 Å². The number of aliphatic hydroxyl groups excluding tert-OH is 1. The second kappa shape index (κ2) is 6.72. The second-order valence-corrected chi connectivity index (χ2v) is 6.79. The van der Waals surface area contributed by atoms with Crippen LogP contribution in [0.3, 0.4) is 0 Å². The molecule has 3 atom stereocenters. The topological polar surface area (TPSA) is 99.9 Å². The summed E-state index contributed by atoms with van der Waals surface area (Å²) in [7, 11) is 0. The van der Waals surface area contributed by atoms with Gasteiger partial charge in [0, 0.05) is 19.6 Å². The summed E-state index contributed by atoms with van der Waals surface area (Å²) in [5.41, 5.74) is 1.34. The molecule has 25 heavy (non-hydrogen) atoms. The zero-order valence-electron chi connectivity index (χ0n) is 14.2. The van der Waals surface area contributed by atoms with Crippen LogP contribution in [0.5, 0.6) is 0 Å². The molecular formula is C16H24FN7O. The predicted molar refractivity (Wildman–Crippen MR) is 93.4 cm³/mol. The van der Waals surface area contributed by atoms with Gasteiger partial charge in [0.1, 0.15) is 6.17 Å². The van der Waals surface area contributed by atoms with Crippen molar-refractivity contribution in [3.63, 3.8) is 0 Å². The molecule has 4 N–H and O–H groups in total. The third-order valence-corrected chi connectivity index (χ3v) is 4.97. The Bertz CT molecular complexity index is 747. The summed E-state index contributed by atoms with van der Waals surface area (Å²) < 4.78 is 15.9. The first-order valence-electron chi connectivity index (χ1n) is 8.91. The Morgan fingerprint density at radius 3 is 2.88 bits per heavy atom. The van der Waals surface area contributed by atoms with Crippen LogP contribution in [0.2, 0.25) is 0 Å². The molecule has 4 rings (SSSR count). The van der Waals surface area contributed by atoms with Crippen molar-refractivity contribution in [2.45, 2.75) is 44.6 Å². The van der Waals surface area contributed by atoms with E-state index in [0.717, 1.165) is 19.4 Å². The first-order valence-corrected chi connectivity index (χ1v) is 8.91. The molecule has 0 aromatic carbocycles. The number of nitrogens with zero attached hydrogens (tertiary/aromatic N) is 4. The third kappa shape index (κ3) is 3.25. The van der Waals surface area contributed by atoms with Gasteiger partial charge in [-0.2, -0.15) is 9.97 Å². The molecule has 0 bridgehead atoms. The van der Waals surface area contributed by atoms with Crippen molar-refractivity contribution >= 4 is 22.9 Å². The van der Waals surface area contributed by atoms with Gasteiger partial charge < -0.3 is 25.6 Å². The van der Waals surface area contributed by atoms with Crippen LogP contribution in [-0.4, -0.2) is 62.6 Å². The summed E-state index contributed by atoms with van der Waals surface area (Å²) in [6.45, 7) is 3.68. The molecule has 2 aromatic rings. The summed E-state index contributed by atoms with van der Waals surface area (Å²) >= 11 is 0. The number of hydrogen-bond donors (Lipinski definition) is 4. The SMILES string of the molecule is CCn1cnc2c(NC3CNCC3F)nc(N[C@@H](CO)C3CC3)nc21. The molecule has 2 aromatic heterocycles. The molecule has 3 heterocycles. The minimum atomic E-state index is -0.966. The summed E-state index contributed by atoms with van der Waals surface area (Å²) in [6, 6.07) is -0.389. The number of hydrogen-bond acceptors (Lipinski definition) is 7. The number of aliphatic hydroxyl groups is 1. The van der Waals surface area contributed by atoms with Crippen LogP contribution in [0.1, 0.15) is 19.8 Å². The van der Waals surface area contributed by atoms with Gasteiger partial charge >= 0.3 is 0 Å². The van der Waals surface area contributed by atoms with Gasteiger partial charge in [0.25, 0.3) is 0 Å². The number of halogens is 1. The number of alkyl halides is 1. The summed E-state index contributed by atoms with van der Waals surface area (Å²) in [5, 5.41) is 19.0. The van der Waals surface area contributed by atoms with E-state index in [1.54, 1.807) is 6.33 Å². The van der Waals surface area contributed by atoms with Crippen molar-refractivity contribution in [1.82, 2.24) is 24.8 Å². The highest BCUT2D eigenvalue weighted by atomic mass is 19.1. The van der Waals surface area contributed by atoms with Crippen molar-refractivity contribution < 1.29 is 9.50 Å². The smallest absolute Gasteiger partial charge is 0.227 e. The number of rotatable bonds is 7. The van der Waals surface area contributed by atoms with E-state index in [-0.39, 0.29) is 18.7 Å². The lowest BCUT2D eigenvalue weighted by atomic mass is 10.2. The van der Waals surface area contributed by atoms with Gasteiger partial charge in [0.2, 0.25) is 5.95 Å². The number of fused-ring (bicyclic) bond motifs is 1. The number of aryl methyl sites for hydroxylation is 1. The molecule has 0 amide bonds. The maximum Gasteiger partial charge on any atom is 0.227 e. The number of anilines is 2. The van der Waals surface area contributed by atoms with Crippen molar-refractivity contribution in [3.05, 3.63) is 6.33 Å². The van der Waals surface area contributed by atoms with Crippen LogP contribution in [0.25, 0.3) is 11.2 Å². The Kier molecular flexibility index (Phi) is 4.43. The summed E-state index contributed by atoms with van der Waals surface area (Å²) in [6.07, 6.45) is 2.97. The Morgan fingerprint density at radius 2 is 2.24 bits per heavy atom. The highest BCUT2D eigenvalue weighted by Gasteiger charge is 2.32. The average Bonchev–Trinajstić information content (AvgIpc) is 3.26. The quantitative estimate of drug-likeness (QED) is 0.585. The fraction of sp³-hybridized carbons (Fsp3) is 0.688. The van der Waals surface area contributed by atoms with E-state index in [0.29, 0.717) is 41.9 Å². The van der Waals surface area contributed by atoms with E-state index in [2.05, 4.69) is 30.9 Å². The molecule has 2 fully saturated rings. The predicted octanol–water partition coefficient (Wildman–Crippen LogP) is 0.751. The van der Waals surface area contributed by atoms with Crippen LogP contribution in [-0.2, 0) is 6.54 Å². The standard InChI is InChI=1S/C16H24FN7O/c1-2-24-8-19-13-14(20-11-6-18-5-10(11)17)22-16(23-15(13)24)21-12(7-25)9-3-4-9/h8-12,18,25H,2-7H2,1H3,(H2,20,21,22,23)/t10?,11?,12-/m0/s1. The molecule has 1 aliphatic heterocycles. The van der Waals surface area contributed by atoms with Crippen LogP contribution >= 0.6 is 0 Å². The minimum absolute atomic E-state index is 0.0426. The van der Waals surface area contributed by atoms with Gasteiger partial charge in [-0.15, -0.1) is 0 Å². The van der Waals surface area contributed by atoms with E-state index in [1.165, 1.54) is 0 Å². The van der Waals surface area contributed by atoms with Gasteiger partial charge in [-0.05, 0) is 25.7 Å². The zero-order chi connectivity index (χ0) is 17.4. The minimum Gasteiger partial charge on any atom is -0.394 e. The molecule has 1 aliphatic carbocycles. The lowest BCUT2D eigenvalue weighted by Crippen LogP contribution is -2.31. The fourth-order valence-corrected chi connectivity index (χ4v) is 3.28. The number of nitrogens with one attached hydrogen (secondary N) is 3. The van der Waals surface area contributed by atoms with Gasteiger partial charge in [-0.3, -0.25) is 0 Å². The molecule has 2 aliphatic rings. The Labute approximate surface area is 145 Å². The van der Waals surface area contributed by atoms with Crippen molar-refractivity contribution in [1.29, 1.82) is 0 Å². The molecule has 0 spiro atoms. The van der Waals surface area contributed by atoms with E-state index < -0.39 is 6.17 Å².